The van der Waals surface area contributed by atoms with Gasteiger partial charge in [0, 0.05) is 19.8 Å². The number of hydrogen-bond acceptors (Lipinski definition) is 6. The third kappa shape index (κ3) is 2.41. The second-order valence-electron chi connectivity index (χ2n) is 6.00. The second kappa shape index (κ2) is 5.80. The normalized spacial score (nSPS) is 16.4. The average Bonchev–Trinajstić information content (AvgIpc) is 3.02. The highest BCUT2D eigenvalue weighted by Gasteiger charge is 2.38. The minimum absolute atomic E-state index is 0.268. The summed E-state index contributed by atoms with van der Waals surface area (Å²) in [7, 11) is 4.24. The van der Waals surface area contributed by atoms with Crippen LogP contribution >= 0.6 is 0 Å². The van der Waals surface area contributed by atoms with E-state index in [0.717, 1.165) is 4.57 Å². The van der Waals surface area contributed by atoms with Crippen LogP contribution in [0.5, 0.6) is 0 Å². The van der Waals surface area contributed by atoms with Crippen LogP contribution < -0.4 is 16.6 Å². The van der Waals surface area contributed by atoms with Gasteiger partial charge in [0.05, 0.1) is 24.2 Å². The van der Waals surface area contributed by atoms with Crippen LogP contribution in [-0.4, -0.2) is 22.2 Å². The summed E-state index contributed by atoms with van der Waals surface area (Å²) >= 11 is 0. The molecule has 132 valence electrons. The molecule has 2 aromatic rings. The molecule has 0 spiro atoms. The van der Waals surface area contributed by atoms with Crippen molar-refractivity contribution in [1.29, 1.82) is 0 Å². The van der Waals surface area contributed by atoms with E-state index in [-0.39, 0.29) is 11.1 Å². The van der Waals surface area contributed by atoms with E-state index in [1.807, 2.05) is 0 Å². The number of furan rings is 1. The Morgan fingerprint density at radius 3 is 2.44 bits per heavy atom. The highest BCUT2D eigenvalue weighted by atomic mass is 16.5. The van der Waals surface area contributed by atoms with Gasteiger partial charge in [-0.1, -0.05) is 0 Å². The zero-order valence-electron chi connectivity index (χ0n) is 14.7. The van der Waals surface area contributed by atoms with Gasteiger partial charge in [-0.05, 0) is 26.0 Å². The van der Waals surface area contributed by atoms with E-state index in [9.17, 15) is 14.4 Å². The van der Waals surface area contributed by atoms with Gasteiger partial charge in [-0.15, -0.1) is 0 Å². The Balaban J connectivity index is 2.41. The first-order valence-corrected chi connectivity index (χ1v) is 7.70. The predicted octanol–water partition coefficient (Wildman–Crippen LogP) is 0.990. The molecule has 1 aliphatic heterocycles. The Morgan fingerprint density at radius 2 is 1.88 bits per heavy atom. The Kier molecular flexibility index (Phi) is 3.90. The van der Waals surface area contributed by atoms with E-state index >= 15 is 0 Å². The van der Waals surface area contributed by atoms with Crippen molar-refractivity contribution in [2.75, 3.05) is 12.4 Å². The molecule has 3 rings (SSSR count). The number of fused-ring (bicyclic) bond motifs is 1. The Bertz CT molecular complexity index is 1020. The van der Waals surface area contributed by atoms with Gasteiger partial charge in [-0.3, -0.25) is 13.9 Å². The molecule has 0 amide bonds. The number of rotatable bonds is 2. The van der Waals surface area contributed by atoms with E-state index in [2.05, 4.69) is 5.32 Å². The zero-order valence-corrected chi connectivity index (χ0v) is 14.7. The summed E-state index contributed by atoms with van der Waals surface area (Å²) in [6.45, 7) is 3.47. The number of carbonyl (C=O) groups excluding carboxylic acids is 1. The van der Waals surface area contributed by atoms with Gasteiger partial charge in [-0.25, -0.2) is 9.59 Å². The standard InChI is InChI=1S/C17H19N3O5/c1-8-6-7-10(25-8)12-11(16(22)24-5)9(2)18-14-13(12)15(21)20(4)17(23)19(14)3/h6-7,12,18H,1-5H3. The molecule has 1 unspecified atom stereocenters. The van der Waals surface area contributed by atoms with Crippen LogP contribution in [0.3, 0.4) is 0 Å². The molecule has 0 aliphatic carbocycles. The fraction of sp³-hybridized carbons (Fsp3) is 0.353. The van der Waals surface area contributed by atoms with Gasteiger partial charge in [0.25, 0.3) is 5.56 Å². The molecule has 25 heavy (non-hydrogen) atoms. The molecule has 8 nitrogen and oxygen atoms in total. The van der Waals surface area contributed by atoms with Crippen molar-refractivity contribution in [3.8, 4) is 0 Å². The molecule has 0 radical (unpaired) electrons. The summed E-state index contributed by atoms with van der Waals surface area (Å²) in [5.74, 6) is 0.111. The molecule has 2 aromatic heterocycles. The lowest BCUT2D eigenvalue weighted by atomic mass is 9.85. The molecule has 1 N–H and O–H groups in total. The maximum atomic E-state index is 12.8. The van der Waals surface area contributed by atoms with Gasteiger partial charge >= 0.3 is 11.7 Å². The van der Waals surface area contributed by atoms with Gasteiger partial charge in [0.15, 0.2) is 0 Å². The molecule has 0 saturated carbocycles. The third-order valence-electron chi connectivity index (χ3n) is 4.44. The third-order valence-corrected chi connectivity index (χ3v) is 4.44. The van der Waals surface area contributed by atoms with Crippen LogP contribution in [0.15, 0.2) is 37.4 Å². The van der Waals surface area contributed by atoms with Crippen molar-refractivity contribution >= 4 is 11.8 Å². The van der Waals surface area contributed by atoms with E-state index in [4.69, 9.17) is 9.15 Å². The fourth-order valence-electron chi connectivity index (χ4n) is 3.16. The molecular formula is C17H19N3O5. The lowest BCUT2D eigenvalue weighted by Gasteiger charge is -2.29. The van der Waals surface area contributed by atoms with Crippen LogP contribution in [0.1, 0.15) is 29.9 Å². The summed E-state index contributed by atoms with van der Waals surface area (Å²) in [6, 6.07) is 3.48. The van der Waals surface area contributed by atoms with E-state index in [1.165, 1.54) is 18.7 Å². The number of hydrogen-bond donors (Lipinski definition) is 1. The number of nitrogens with zero attached hydrogens (tertiary/aromatic N) is 2. The quantitative estimate of drug-likeness (QED) is 0.816. The van der Waals surface area contributed by atoms with E-state index in [0.29, 0.717) is 23.0 Å². The number of carbonyl (C=O) groups is 1. The predicted molar refractivity (Wildman–Crippen MR) is 90.6 cm³/mol. The monoisotopic (exact) mass is 345 g/mol. The maximum Gasteiger partial charge on any atom is 0.336 e. The lowest BCUT2D eigenvalue weighted by Crippen LogP contribution is -2.43. The lowest BCUT2D eigenvalue weighted by molar-refractivity contribution is -0.136. The van der Waals surface area contributed by atoms with E-state index < -0.39 is 23.1 Å². The summed E-state index contributed by atoms with van der Waals surface area (Å²) in [5, 5.41) is 3.00. The van der Waals surface area contributed by atoms with Crippen LogP contribution in [0, 0.1) is 6.92 Å². The van der Waals surface area contributed by atoms with E-state index in [1.54, 1.807) is 33.0 Å². The minimum Gasteiger partial charge on any atom is -0.466 e. The largest absolute Gasteiger partial charge is 0.466 e. The number of aromatic nitrogens is 2. The van der Waals surface area contributed by atoms with Crippen molar-refractivity contribution in [2.45, 2.75) is 19.8 Å². The first-order chi connectivity index (χ1) is 11.8. The molecule has 3 heterocycles. The fourth-order valence-corrected chi connectivity index (χ4v) is 3.16. The first-order valence-electron chi connectivity index (χ1n) is 7.70. The zero-order chi connectivity index (χ0) is 18.5. The number of nitrogens with one attached hydrogen (secondary N) is 1. The highest BCUT2D eigenvalue weighted by molar-refractivity contribution is 5.94. The molecule has 8 heteroatoms. The topological polar surface area (TPSA) is 95.5 Å². The summed E-state index contributed by atoms with van der Waals surface area (Å²) in [6.07, 6.45) is 0. The number of aryl methyl sites for hydroxylation is 1. The average molecular weight is 345 g/mol. The number of anilines is 1. The molecule has 0 fully saturated rings. The SMILES string of the molecule is COC(=O)C1=C(C)Nc2c(c(=O)n(C)c(=O)n2C)C1c1ccc(C)o1. The molecule has 0 aromatic carbocycles. The van der Waals surface area contributed by atoms with Crippen molar-refractivity contribution in [3.63, 3.8) is 0 Å². The molecule has 1 atom stereocenters. The van der Waals surface area contributed by atoms with Crippen LogP contribution in [-0.2, 0) is 23.6 Å². The summed E-state index contributed by atoms with van der Waals surface area (Å²) in [5.41, 5.74) is 0.102. The summed E-state index contributed by atoms with van der Waals surface area (Å²) in [4.78, 5) is 37.5. The Labute approximate surface area is 143 Å². The number of allylic oxidation sites excluding steroid dienone is 1. The van der Waals surface area contributed by atoms with Crippen molar-refractivity contribution in [2.24, 2.45) is 14.1 Å². The summed E-state index contributed by atoms with van der Waals surface area (Å²) < 4.78 is 13.0. The molecule has 1 aliphatic rings. The second-order valence-corrected chi connectivity index (χ2v) is 6.00. The number of ether oxygens (including phenoxy) is 1. The van der Waals surface area contributed by atoms with Crippen LogP contribution in [0.25, 0.3) is 0 Å². The molecule has 0 bridgehead atoms. The maximum absolute atomic E-state index is 12.8. The Hall–Kier alpha value is -3.03. The van der Waals surface area contributed by atoms with Crippen molar-refractivity contribution in [3.05, 3.63) is 61.3 Å². The van der Waals surface area contributed by atoms with Gasteiger partial charge in [0.2, 0.25) is 0 Å². The van der Waals surface area contributed by atoms with Crippen molar-refractivity contribution < 1.29 is 13.9 Å². The highest BCUT2D eigenvalue weighted by Crippen LogP contribution is 2.40. The van der Waals surface area contributed by atoms with Gasteiger partial charge in [0.1, 0.15) is 17.3 Å². The smallest absolute Gasteiger partial charge is 0.336 e. The minimum atomic E-state index is -0.761. The molecule has 0 saturated heterocycles. The molecular weight excluding hydrogens is 326 g/mol. The Morgan fingerprint density at radius 1 is 1.20 bits per heavy atom. The van der Waals surface area contributed by atoms with Crippen LogP contribution in [0.4, 0.5) is 5.82 Å². The first kappa shape index (κ1) is 16.8. The van der Waals surface area contributed by atoms with Crippen LogP contribution in [0.2, 0.25) is 0 Å². The number of esters is 1. The van der Waals surface area contributed by atoms with Gasteiger partial charge in [-0.2, -0.15) is 0 Å². The van der Waals surface area contributed by atoms with Crippen molar-refractivity contribution in [1.82, 2.24) is 9.13 Å². The van der Waals surface area contributed by atoms with Gasteiger partial charge < -0.3 is 14.5 Å². The number of methoxy groups -OCH3 is 1.